The van der Waals surface area contributed by atoms with E-state index in [-0.39, 0.29) is 0 Å². The monoisotopic (exact) mass is 201 g/mol. The van der Waals surface area contributed by atoms with Gasteiger partial charge in [-0.2, -0.15) is 0 Å². The van der Waals surface area contributed by atoms with E-state index in [0.717, 1.165) is 12.5 Å². The Morgan fingerprint density at radius 2 is 2.15 bits per heavy atom. The van der Waals surface area contributed by atoms with Crippen molar-refractivity contribution in [2.75, 3.05) is 6.54 Å². The third-order valence-electron chi connectivity index (χ3n) is 2.94. The van der Waals surface area contributed by atoms with E-state index < -0.39 is 0 Å². The zero-order valence-electron chi connectivity index (χ0n) is 8.65. The highest BCUT2D eigenvalue weighted by Gasteiger charge is 2.19. The summed E-state index contributed by atoms with van der Waals surface area (Å²) in [7, 11) is 0. The van der Waals surface area contributed by atoms with Gasteiger partial charge >= 0.3 is 0 Å². The van der Waals surface area contributed by atoms with E-state index in [4.69, 9.17) is 11.6 Å². The van der Waals surface area contributed by atoms with Gasteiger partial charge in [0.1, 0.15) is 0 Å². The molecule has 76 valence electrons. The van der Waals surface area contributed by atoms with Crippen molar-refractivity contribution in [2.24, 2.45) is 5.92 Å². The minimum atomic E-state index is 0.709. The average Bonchev–Trinajstić information content (AvgIpc) is 2.16. The van der Waals surface area contributed by atoms with E-state index in [9.17, 15) is 0 Å². The Kier molecular flexibility index (Phi) is 4.82. The highest BCUT2D eigenvalue weighted by atomic mass is 35.5. The highest BCUT2D eigenvalue weighted by molar-refractivity contribution is 6.25. The van der Waals surface area contributed by atoms with Crippen LogP contribution >= 0.6 is 11.6 Å². The first-order valence-corrected chi connectivity index (χ1v) is 5.67. The second kappa shape index (κ2) is 5.66. The Morgan fingerprint density at radius 3 is 2.77 bits per heavy atom. The molecule has 0 aromatic heterocycles. The van der Waals surface area contributed by atoms with Crippen LogP contribution in [0.3, 0.4) is 0 Å². The van der Waals surface area contributed by atoms with E-state index in [2.05, 4.69) is 19.2 Å². The molecule has 1 nitrogen and oxygen atoms in total. The fraction of sp³-hybridized carbons (Fsp3) is 0.818. The van der Waals surface area contributed by atoms with Crippen LogP contribution in [0.25, 0.3) is 0 Å². The normalized spacial score (nSPS) is 30.5. The minimum Gasteiger partial charge on any atom is -0.310 e. The fourth-order valence-electron chi connectivity index (χ4n) is 1.95. The van der Waals surface area contributed by atoms with Crippen molar-refractivity contribution in [3.63, 3.8) is 0 Å². The van der Waals surface area contributed by atoms with Gasteiger partial charge in [0.2, 0.25) is 0 Å². The molecule has 0 amide bonds. The van der Waals surface area contributed by atoms with Crippen molar-refractivity contribution in [1.29, 1.82) is 0 Å². The molecular formula is C11H20ClN. The van der Waals surface area contributed by atoms with Crippen LogP contribution < -0.4 is 5.32 Å². The Labute approximate surface area is 86.5 Å². The van der Waals surface area contributed by atoms with Crippen molar-refractivity contribution in [3.05, 3.63) is 11.1 Å². The van der Waals surface area contributed by atoms with Gasteiger partial charge in [-0.1, -0.05) is 31.4 Å². The molecule has 0 aromatic carbocycles. The number of hydrogen-bond donors (Lipinski definition) is 1. The molecule has 0 heterocycles. The maximum Gasteiger partial charge on any atom is 0.0176 e. The quantitative estimate of drug-likeness (QED) is 0.739. The second-order valence-corrected chi connectivity index (χ2v) is 4.42. The Bertz CT molecular complexity index is 177. The molecule has 2 unspecified atom stereocenters. The van der Waals surface area contributed by atoms with Crippen LogP contribution in [-0.2, 0) is 0 Å². The van der Waals surface area contributed by atoms with Gasteiger partial charge in [-0.3, -0.25) is 0 Å². The Hall–Kier alpha value is -0.0100. The van der Waals surface area contributed by atoms with Gasteiger partial charge in [-0.25, -0.2) is 0 Å². The summed E-state index contributed by atoms with van der Waals surface area (Å²) < 4.78 is 0. The topological polar surface area (TPSA) is 12.0 Å². The Morgan fingerprint density at radius 1 is 1.46 bits per heavy atom. The molecule has 1 N–H and O–H groups in total. The molecule has 1 saturated carbocycles. The summed E-state index contributed by atoms with van der Waals surface area (Å²) in [5, 5.41) is 3.57. The van der Waals surface area contributed by atoms with Crippen LogP contribution in [-0.4, -0.2) is 12.6 Å². The summed E-state index contributed by atoms with van der Waals surface area (Å²) in [6.07, 6.45) is 5.49. The zero-order chi connectivity index (χ0) is 9.68. The first kappa shape index (κ1) is 11.1. The van der Waals surface area contributed by atoms with Gasteiger partial charge in [0.25, 0.3) is 0 Å². The molecule has 2 atom stereocenters. The third kappa shape index (κ3) is 3.70. The van der Waals surface area contributed by atoms with E-state index in [1.807, 2.05) is 0 Å². The lowest BCUT2D eigenvalue weighted by Gasteiger charge is -2.29. The molecular weight excluding hydrogens is 182 g/mol. The zero-order valence-corrected chi connectivity index (χ0v) is 9.40. The van der Waals surface area contributed by atoms with Crippen LogP contribution in [0.5, 0.6) is 0 Å². The molecule has 1 aliphatic carbocycles. The summed E-state index contributed by atoms with van der Waals surface area (Å²) in [4.78, 5) is 0. The third-order valence-corrected chi connectivity index (χ3v) is 3.31. The van der Waals surface area contributed by atoms with Gasteiger partial charge in [-0.15, -0.1) is 0 Å². The van der Waals surface area contributed by atoms with Gasteiger partial charge in [0.05, 0.1) is 0 Å². The lowest BCUT2D eigenvalue weighted by molar-refractivity contribution is 0.286. The van der Waals surface area contributed by atoms with Crippen molar-refractivity contribution in [1.82, 2.24) is 5.32 Å². The number of nitrogens with one attached hydrogen (secondary N) is 1. The first-order chi connectivity index (χ1) is 6.24. The number of hydrogen-bond acceptors (Lipinski definition) is 1. The molecule has 0 spiro atoms. The fourth-order valence-corrected chi connectivity index (χ4v) is 2.03. The maximum absolute atomic E-state index is 5.60. The predicted octanol–water partition coefficient (Wildman–Crippen LogP) is 3.30. The lowest BCUT2D eigenvalue weighted by atomic mass is 9.86. The standard InChI is InChI=1S/C11H20ClN/c1-9(7-12)8-13-11-6-4-3-5-10(11)2/h7,10-11,13H,3-6,8H2,1-2H3. The van der Waals surface area contributed by atoms with Crippen molar-refractivity contribution in [3.8, 4) is 0 Å². The SMILES string of the molecule is CC(=CCl)CNC1CCCCC1C. The van der Waals surface area contributed by atoms with Crippen LogP contribution in [0.1, 0.15) is 39.5 Å². The molecule has 0 aliphatic heterocycles. The van der Waals surface area contributed by atoms with Crippen molar-refractivity contribution < 1.29 is 0 Å². The first-order valence-electron chi connectivity index (χ1n) is 5.23. The Balaban J connectivity index is 2.26. The number of halogens is 1. The van der Waals surface area contributed by atoms with E-state index in [1.54, 1.807) is 5.54 Å². The summed E-state index contributed by atoms with van der Waals surface area (Å²) in [6, 6.07) is 0.709. The second-order valence-electron chi connectivity index (χ2n) is 4.20. The van der Waals surface area contributed by atoms with E-state index in [1.165, 1.54) is 31.3 Å². The van der Waals surface area contributed by atoms with Crippen molar-refractivity contribution in [2.45, 2.75) is 45.6 Å². The molecule has 0 radical (unpaired) electrons. The molecule has 1 aliphatic rings. The van der Waals surface area contributed by atoms with E-state index >= 15 is 0 Å². The average molecular weight is 202 g/mol. The van der Waals surface area contributed by atoms with E-state index in [0.29, 0.717) is 6.04 Å². The largest absolute Gasteiger partial charge is 0.310 e. The van der Waals surface area contributed by atoms with Gasteiger partial charge in [0.15, 0.2) is 0 Å². The van der Waals surface area contributed by atoms with Crippen LogP contribution in [0, 0.1) is 5.92 Å². The summed E-state index contributed by atoms with van der Waals surface area (Å²) in [5.74, 6) is 0.830. The molecule has 1 rings (SSSR count). The molecule has 13 heavy (non-hydrogen) atoms. The molecule has 0 saturated heterocycles. The van der Waals surface area contributed by atoms with Crippen molar-refractivity contribution >= 4 is 11.6 Å². The highest BCUT2D eigenvalue weighted by Crippen LogP contribution is 2.23. The summed E-state index contributed by atoms with van der Waals surface area (Å²) in [5.41, 5.74) is 2.89. The van der Waals surface area contributed by atoms with Crippen LogP contribution in [0.2, 0.25) is 0 Å². The van der Waals surface area contributed by atoms with Gasteiger partial charge in [0, 0.05) is 18.1 Å². The summed E-state index contributed by atoms with van der Waals surface area (Å²) in [6.45, 7) is 5.35. The van der Waals surface area contributed by atoms with Gasteiger partial charge in [-0.05, 0) is 31.3 Å². The molecule has 0 bridgehead atoms. The summed E-state index contributed by atoms with van der Waals surface area (Å²) >= 11 is 5.60. The molecule has 1 fully saturated rings. The minimum absolute atomic E-state index is 0.709. The maximum atomic E-state index is 5.60. The molecule has 2 heteroatoms. The number of rotatable bonds is 3. The predicted molar refractivity (Wildman–Crippen MR) is 59.0 cm³/mol. The smallest absolute Gasteiger partial charge is 0.0176 e. The molecule has 0 aromatic rings. The van der Waals surface area contributed by atoms with Crippen LogP contribution in [0.4, 0.5) is 0 Å². The van der Waals surface area contributed by atoms with Gasteiger partial charge < -0.3 is 5.32 Å². The van der Waals surface area contributed by atoms with Crippen LogP contribution in [0.15, 0.2) is 11.1 Å². The lowest BCUT2D eigenvalue weighted by Crippen LogP contribution is -2.37.